The van der Waals surface area contributed by atoms with Crippen LogP contribution >= 0.6 is 0 Å². The first-order valence-electron chi connectivity index (χ1n) is 22.2. The monoisotopic (exact) mass is 959 g/mol. The molecule has 0 saturated carbocycles. The van der Waals surface area contributed by atoms with Crippen molar-refractivity contribution in [3.63, 3.8) is 0 Å². The molecule has 69 heavy (non-hydrogen) atoms. The molecule has 0 unspecified atom stereocenters. The third-order valence-corrected chi connectivity index (χ3v) is 10.2. The van der Waals surface area contributed by atoms with Gasteiger partial charge in [0.05, 0.1) is 5.69 Å². The Hall–Kier alpha value is -7.91. The van der Waals surface area contributed by atoms with Gasteiger partial charge in [0, 0.05) is 38.9 Å². The van der Waals surface area contributed by atoms with E-state index < -0.39 is 77.3 Å². The van der Waals surface area contributed by atoms with E-state index in [-0.39, 0.29) is 75.4 Å². The van der Waals surface area contributed by atoms with Crippen LogP contribution in [0.1, 0.15) is 69.6 Å². The minimum absolute atomic E-state index is 0.0111. The van der Waals surface area contributed by atoms with Crippen molar-refractivity contribution >= 4 is 65.0 Å². The number of primary amides is 1. The smallest absolute Gasteiger partial charge is 0.244 e. The number of guanidine groups is 2. The van der Waals surface area contributed by atoms with Crippen LogP contribution in [0.2, 0.25) is 0 Å². The van der Waals surface area contributed by atoms with Crippen molar-refractivity contribution in [1.29, 1.82) is 0 Å². The maximum atomic E-state index is 14.5. The standard InChI is InChI=1S/C47H63F2N13O7/c1-27(2)24-37(43(67)60-36(7-5-23-56-46(51)52)42(66)59-35(41(50)65)6-4-22-55-28(3)63)61-45(69)39(26-31-12-19-34(20-13-31)57-47(53)54)62-44(68)38(25-30-10-17-33(49)18-11-30)58-40(64)21-14-29-8-15-32(48)16-9-29/h8-21,27,35-39H,4-7,22-26H2,1-3H3,(H2,50,65)(H,55,63)(H,58,64)(H,59,66)(H,60,67)(H,61,69)(H,62,68)(H4,51,52,56)(H4,53,54,57)/b21-14+/t35-,36-,37-,38-,39-/m0/s1. The fourth-order valence-corrected chi connectivity index (χ4v) is 6.75. The lowest BCUT2D eigenvalue weighted by molar-refractivity contribution is -0.135. The van der Waals surface area contributed by atoms with Crippen molar-refractivity contribution in [3.8, 4) is 0 Å². The molecule has 16 N–H and O–H groups in total. The van der Waals surface area contributed by atoms with E-state index in [1.807, 2.05) is 0 Å². The predicted molar refractivity (Wildman–Crippen MR) is 257 cm³/mol. The summed E-state index contributed by atoms with van der Waals surface area (Å²) in [5, 5.41) is 15.9. The largest absolute Gasteiger partial charge is 0.370 e. The Labute approximate surface area is 399 Å². The Morgan fingerprint density at radius 2 is 1.07 bits per heavy atom. The van der Waals surface area contributed by atoms with Gasteiger partial charge in [-0.15, -0.1) is 0 Å². The number of amides is 7. The zero-order valence-electron chi connectivity index (χ0n) is 38.8. The lowest BCUT2D eigenvalue weighted by Crippen LogP contribution is -2.59. The van der Waals surface area contributed by atoms with Crippen molar-refractivity contribution in [2.24, 2.45) is 44.6 Å². The molecule has 0 aromatic heterocycles. The average molecular weight is 960 g/mol. The van der Waals surface area contributed by atoms with Gasteiger partial charge in [0.15, 0.2) is 11.9 Å². The van der Waals surface area contributed by atoms with Crippen LogP contribution in [-0.4, -0.2) is 96.6 Å². The molecule has 0 radical (unpaired) electrons. The van der Waals surface area contributed by atoms with Crippen LogP contribution in [0, 0.1) is 17.6 Å². The molecule has 0 heterocycles. The summed E-state index contributed by atoms with van der Waals surface area (Å²) in [5.74, 6) is -6.60. The number of nitrogens with zero attached hydrogens (tertiary/aromatic N) is 2. The maximum absolute atomic E-state index is 14.5. The summed E-state index contributed by atoms with van der Waals surface area (Å²) in [6, 6.07) is 10.5. The first kappa shape index (κ1) is 55.4. The number of rotatable bonds is 27. The third kappa shape index (κ3) is 21.5. The predicted octanol–water partition coefficient (Wildman–Crippen LogP) is 0.294. The molecule has 5 atom stereocenters. The topological polar surface area (TPSA) is 346 Å². The van der Waals surface area contributed by atoms with Gasteiger partial charge in [-0.25, -0.2) is 13.8 Å². The summed E-state index contributed by atoms with van der Waals surface area (Å²) in [6.07, 6.45) is 2.89. The van der Waals surface area contributed by atoms with Gasteiger partial charge < -0.3 is 60.6 Å². The lowest BCUT2D eigenvalue weighted by Gasteiger charge is -2.28. The number of carbonyl (C=O) groups excluding carboxylic acids is 7. The van der Waals surface area contributed by atoms with Crippen LogP contribution in [0.4, 0.5) is 14.5 Å². The number of halogens is 2. The Morgan fingerprint density at radius 3 is 1.61 bits per heavy atom. The van der Waals surface area contributed by atoms with Crippen LogP contribution in [0.15, 0.2) is 88.9 Å². The van der Waals surface area contributed by atoms with E-state index in [1.165, 1.54) is 61.5 Å². The number of hydrogen-bond donors (Lipinski definition) is 11. The quantitative estimate of drug-likeness (QED) is 0.0214. The molecule has 7 amide bonds. The van der Waals surface area contributed by atoms with Crippen LogP contribution in [0.25, 0.3) is 6.08 Å². The van der Waals surface area contributed by atoms with Crippen LogP contribution in [0.3, 0.4) is 0 Å². The van der Waals surface area contributed by atoms with Crippen LogP contribution in [-0.2, 0) is 46.4 Å². The van der Waals surface area contributed by atoms with Crippen molar-refractivity contribution in [2.75, 3.05) is 13.1 Å². The molecular weight excluding hydrogens is 897 g/mol. The lowest BCUT2D eigenvalue weighted by atomic mass is 9.99. The van der Waals surface area contributed by atoms with E-state index in [9.17, 15) is 42.3 Å². The van der Waals surface area contributed by atoms with Crippen molar-refractivity contribution in [3.05, 3.63) is 107 Å². The van der Waals surface area contributed by atoms with Gasteiger partial charge >= 0.3 is 0 Å². The zero-order valence-corrected chi connectivity index (χ0v) is 38.8. The second kappa shape index (κ2) is 28.3. The fourth-order valence-electron chi connectivity index (χ4n) is 6.75. The number of carbonyl (C=O) groups is 7. The Balaban J connectivity index is 1.97. The zero-order chi connectivity index (χ0) is 51.0. The van der Waals surface area contributed by atoms with Gasteiger partial charge in [-0.05, 0) is 97.2 Å². The fraction of sp³-hybridized carbons (Fsp3) is 0.383. The highest BCUT2D eigenvalue weighted by Gasteiger charge is 2.33. The van der Waals surface area contributed by atoms with E-state index in [4.69, 9.17) is 28.7 Å². The molecule has 20 nitrogen and oxygen atoms in total. The molecule has 0 fully saturated rings. The van der Waals surface area contributed by atoms with E-state index in [2.05, 4.69) is 41.9 Å². The SMILES string of the molecule is CC(=O)NCCC[C@H](NC(=O)[C@H](CCCN=C(N)N)NC(=O)[C@H](CC(C)C)NC(=O)[C@H](Cc1ccc(N=C(N)N)cc1)NC(=O)[C@H](Cc1ccc(F)cc1)NC(=O)/C=C/c1ccc(F)cc1)C(N)=O. The van der Waals surface area contributed by atoms with Gasteiger partial charge in [0.1, 0.15) is 41.8 Å². The molecule has 0 saturated heterocycles. The van der Waals surface area contributed by atoms with E-state index >= 15 is 0 Å². The molecule has 0 aliphatic carbocycles. The molecule has 3 rings (SSSR count). The van der Waals surface area contributed by atoms with Gasteiger partial charge in [0.25, 0.3) is 0 Å². The number of benzene rings is 3. The van der Waals surface area contributed by atoms with Crippen molar-refractivity contribution in [2.45, 2.75) is 95.9 Å². The summed E-state index contributed by atoms with van der Waals surface area (Å²) in [4.78, 5) is 102. The van der Waals surface area contributed by atoms with E-state index in [0.29, 0.717) is 28.8 Å². The molecule has 3 aromatic rings. The van der Waals surface area contributed by atoms with Crippen molar-refractivity contribution < 1.29 is 42.3 Å². The Bertz CT molecular complexity index is 2300. The summed E-state index contributed by atoms with van der Waals surface area (Å²) in [6.45, 7) is 5.24. The third-order valence-electron chi connectivity index (χ3n) is 10.2. The summed E-state index contributed by atoms with van der Waals surface area (Å²) < 4.78 is 27.4. The first-order chi connectivity index (χ1) is 32.7. The summed E-state index contributed by atoms with van der Waals surface area (Å²) in [5.41, 5.74) is 29.5. The number of nitrogens with two attached hydrogens (primary N) is 5. The van der Waals surface area contributed by atoms with Crippen molar-refractivity contribution in [1.82, 2.24) is 31.9 Å². The maximum Gasteiger partial charge on any atom is 0.244 e. The van der Waals surface area contributed by atoms with Crippen LogP contribution < -0.4 is 60.6 Å². The van der Waals surface area contributed by atoms with Gasteiger partial charge in [-0.1, -0.05) is 50.2 Å². The molecular formula is C47H63F2N13O7. The Kier molecular flexibility index (Phi) is 22.7. The van der Waals surface area contributed by atoms with E-state index in [0.717, 1.165) is 6.08 Å². The molecule has 0 aliphatic heterocycles. The second-order valence-electron chi connectivity index (χ2n) is 16.5. The van der Waals surface area contributed by atoms with Gasteiger partial charge in [-0.2, -0.15) is 0 Å². The highest BCUT2D eigenvalue weighted by Crippen LogP contribution is 2.16. The first-order valence-corrected chi connectivity index (χ1v) is 22.2. The average Bonchev–Trinajstić information content (AvgIpc) is 3.28. The van der Waals surface area contributed by atoms with Gasteiger partial charge in [0.2, 0.25) is 41.4 Å². The van der Waals surface area contributed by atoms with Gasteiger partial charge in [-0.3, -0.25) is 38.6 Å². The number of nitrogens with one attached hydrogen (secondary N) is 6. The molecule has 0 bridgehead atoms. The molecule has 372 valence electrons. The highest BCUT2D eigenvalue weighted by molar-refractivity contribution is 5.98. The number of hydrogen-bond acceptors (Lipinski definition) is 9. The highest BCUT2D eigenvalue weighted by atomic mass is 19.1. The Morgan fingerprint density at radius 1 is 0.594 bits per heavy atom. The molecule has 0 spiro atoms. The summed E-state index contributed by atoms with van der Waals surface area (Å²) in [7, 11) is 0. The normalized spacial score (nSPS) is 13.1. The van der Waals surface area contributed by atoms with E-state index in [1.54, 1.807) is 38.1 Å². The molecule has 22 heteroatoms. The van der Waals surface area contributed by atoms with Crippen LogP contribution in [0.5, 0.6) is 0 Å². The summed E-state index contributed by atoms with van der Waals surface area (Å²) >= 11 is 0. The number of aliphatic imine (C=N–C) groups is 2. The molecule has 3 aromatic carbocycles. The molecule has 0 aliphatic rings. The minimum atomic E-state index is -1.40. The second-order valence-corrected chi connectivity index (χ2v) is 16.5. The minimum Gasteiger partial charge on any atom is -0.370 e.